The summed E-state index contributed by atoms with van der Waals surface area (Å²) in [6.45, 7) is 15.6. The van der Waals surface area contributed by atoms with Gasteiger partial charge in [0.05, 0.1) is 0 Å². The van der Waals surface area contributed by atoms with E-state index >= 15 is 0 Å². The monoisotopic (exact) mass is 270 g/mol. The van der Waals surface area contributed by atoms with Crippen molar-refractivity contribution in [2.45, 2.75) is 54.9 Å². The first-order chi connectivity index (χ1) is 9.36. The molecule has 0 aliphatic heterocycles. The maximum absolute atomic E-state index is 5.37. The van der Waals surface area contributed by atoms with Gasteiger partial charge in [-0.25, -0.2) is 4.98 Å². The zero-order chi connectivity index (χ0) is 15.5. The van der Waals surface area contributed by atoms with Crippen LogP contribution in [0, 0.1) is 0 Å². The maximum Gasteiger partial charge on any atom is 0.213 e. The summed E-state index contributed by atoms with van der Waals surface area (Å²) in [7, 11) is 1.90. The van der Waals surface area contributed by atoms with Crippen molar-refractivity contribution in [1.82, 2.24) is 10.3 Å². The van der Waals surface area contributed by atoms with E-state index in [1.807, 2.05) is 66.9 Å². The van der Waals surface area contributed by atoms with Crippen LogP contribution in [-0.2, 0) is 6.42 Å². The van der Waals surface area contributed by atoms with Gasteiger partial charge in [0.15, 0.2) is 0 Å². The van der Waals surface area contributed by atoms with Crippen molar-refractivity contribution in [3.8, 4) is 5.88 Å². The molecular formula is C16H34N2O. The van der Waals surface area contributed by atoms with Gasteiger partial charge < -0.3 is 10.1 Å². The normalized spacial score (nSPS) is 7.79. The lowest BCUT2D eigenvalue weighted by molar-refractivity contribution is 0.306. The Kier molecular flexibility index (Phi) is 26.8. The van der Waals surface area contributed by atoms with E-state index in [0.717, 1.165) is 13.0 Å². The van der Waals surface area contributed by atoms with Crippen LogP contribution in [0.2, 0.25) is 0 Å². The molecule has 0 spiro atoms. The molecule has 1 N–H and O–H groups in total. The van der Waals surface area contributed by atoms with E-state index in [1.165, 1.54) is 5.56 Å². The zero-order valence-electron chi connectivity index (χ0n) is 14.2. The van der Waals surface area contributed by atoms with Crippen LogP contribution in [0.3, 0.4) is 0 Å². The zero-order valence-corrected chi connectivity index (χ0v) is 14.2. The Morgan fingerprint density at radius 3 is 2.00 bits per heavy atom. The summed E-state index contributed by atoms with van der Waals surface area (Å²) in [6.07, 6.45) is 2.87. The Labute approximate surface area is 120 Å². The highest BCUT2D eigenvalue weighted by Crippen LogP contribution is 2.07. The average molecular weight is 270 g/mol. The van der Waals surface area contributed by atoms with Crippen molar-refractivity contribution in [3.05, 3.63) is 23.9 Å². The summed E-state index contributed by atoms with van der Waals surface area (Å²) in [4.78, 5) is 4.17. The molecule has 0 unspecified atom stereocenters. The smallest absolute Gasteiger partial charge is 0.213 e. The molecule has 1 heterocycles. The fourth-order valence-electron chi connectivity index (χ4n) is 0.963. The third kappa shape index (κ3) is 14.9. The number of aryl methyl sites for hydroxylation is 1. The molecule has 0 aromatic carbocycles. The minimum absolute atomic E-state index is 0.662. The fourth-order valence-corrected chi connectivity index (χ4v) is 0.963. The van der Waals surface area contributed by atoms with E-state index in [0.29, 0.717) is 12.5 Å². The van der Waals surface area contributed by atoms with Crippen molar-refractivity contribution in [2.24, 2.45) is 0 Å². The van der Waals surface area contributed by atoms with Gasteiger partial charge in [0.1, 0.15) is 6.61 Å². The molecule has 0 saturated carbocycles. The molecule has 0 amide bonds. The molecule has 1 rings (SSSR count). The molecule has 0 aliphatic carbocycles. The molecule has 0 atom stereocenters. The lowest BCUT2D eigenvalue weighted by Gasteiger charge is -2.04. The molecule has 0 aliphatic rings. The average Bonchev–Trinajstić information content (AvgIpc) is 2.54. The van der Waals surface area contributed by atoms with Crippen LogP contribution >= 0.6 is 0 Å². The van der Waals surface area contributed by atoms with Gasteiger partial charge in [-0.05, 0) is 19.0 Å². The first kappa shape index (κ1) is 23.0. The van der Waals surface area contributed by atoms with Crippen LogP contribution in [0.25, 0.3) is 0 Å². The first-order valence-electron chi connectivity index (χ1n) is 7.59. The van der Waals surface area contributed by atoms with Gasteiger partial charge in [0.2, 0.25) is 5.88 Å². The predicted octanol–water partition coefficient (Wildman–Crippen LogP) is 4.32. The van der Waals surface area contributed by atoms with E-state index in [2.05, 4.69) is 17.2 Å². The Balaban J connectivity index is -0.000000375. The Bertz CT molecular complexity index is 235. The second-order valence-electron chi connectivity index (χ2n) is 2.81. The number of pyridine rings is 1. The number of hydrogen-bond acceptors (Lipinski definition) is 3. The van der Waals surface area contributed by atoms with E-state index in [4.69, 9.17) is 4.74 Å². The van der Waals surface area contributed by atoms with E-state index in [1.54, 1.807) is 0 Å². The van der Waals surface area contributed by atoms with Crippen LogP contribution in [0.5, 0.6) is 5.88 Å². The molecule has 114 valence electrons. The van der Waals surface area contributed by atoms with Crippen LogP contribution in [-0.4, -0.2) is 25.2 Å². The summed E-state index contributed by atoms with van der Waals surface area (Å²) in [5.74, 6) is 0.701. The lowest BCUT2D eigenvalue weighted by atomic mass is 10.2. The molecule has 0 radical (unpaired) electrons. The predicted molar refractivity (Wildman–Crippen MR) is 87.1 cm³/mol. The largest absolute Gasteiger partial charge is 0.476 e. The Hall–Kier alpha value is -1.09. The Morgan fingerprint density at radius 2 is 1.63 bits per heavy atom. The molecule has 1 aromatic rings. The van der Waals surface area contributed by atoms with Crippen molar-refractivity contribution in [1.29, 1.82) is 0 Å². The van der Waals surface area contributed by atoms with Crippen LogP contribution in [0.4, 0.5) is 0 Å². The number of ether oxygens (including phenoxy) is 1. The van der Waals surface area contributed by atoms with E-state index in [9.17, 15) is 0 Å². The van der Waals surface area contributed by atoms with Gasteiger partial charge in [-0.3, -0.25) is 0 Å². The highest BCUT2D eigenvalue weighted by Gasteiger charge is 1.94. The minimum Gasteiger partial charge on any atom is -0.476 e. The van der Waals surface area contributed by atoms with Gasteiger partial charge in [0, 0.05) is 18.8 Å². The second kappa shape index (κ2) is 22.1. The maximum atomic E-state index is 5.37. The topological polar surface area (TPSA) is 34.1 Å². The Morgan fingerprint density at radius 1 is 1.05 bits per heavy atom. The number of nitrogens with zero attached hydrogens (tertiary/aromatic N) is 1. The van der Waals surface area contributed by atoms with Crippen LogP contribution in [0.15, 0.2) is 18.3 Å². The molecule has 19 heavy (non-hydrogen) atoms. The highest BCUT2D eigenvalue weighted by molar-refractivity contribution is 5.17. The summed E-state index contributed by atoms with van der Waals surface area (Å²) < 4.78 is 5.37. The SMILES string of the molecule is CC.CC.CC.CCc1ccc(OCCNC)nc1. The van der Waals surface area contributed by atoms with Crippen molar-refractivity contribution in [2.75, 3.05) is 20.2 Å². The molecule has 0 saturated heterocycles. The third-order valence-corrected chi connectivity index (χ3v) is 1.81. The first-order valence-corrected chi connectivity index (χ1v) is 7.59. The molecular weight excluding hydrogens is 236 g/mol. The summed E-state index contributed by atoms with van der Waals surface area (Å²) in [5.41, 5.74) is 1.24. The number of aromatic nitrogens is 1. The van der Waals surface area contributed by atoms with Crippen LogP contribution in [0.1, 0.15) is 54.0 Å². The molecule has 3 nitrogen and oxygen atoms in total. The summed E-state index contributed by atoms with van der Waals surface area (Å²) >= 11 is 0. The third-order valence-electron chi connectivity index (χ3n) is 1.81. The quantitative estimate of drug-likeness (QED) is 0.809. The summed E-state index contributed by atoms with van der Waals surface area (Å²) in [6, 6.07) is 3.95. The van der Waals surface area contributed by atoms with Crippen LogP contribution < -0.4 is 10.1 Å². The number of likely N-dealkylation sites (N-methyl/N-ethyl adjacent to an activating group) is 1. The van der Waals surface area contributed by atoms with Crippen molar-refractivity contribution >= 4 is 0 Å². The van der Waals surface area contributed by atoms with Crippen molar-refractivity contribution in [3.63, 3.8) is 0 Å². The lowest BCUT2D eigenvalue weighted by Crippen LogP contribution is -2.16. The molecule has 3 heteroatoms. The van der Waals surface area contributed by atoms with Gasteiger partial charge >= 0.3 is 0 Å². The van der Waals surface area contributed by atoms with Gasteiger partial charge in [-0.2, -0.15) is 0 Å². The number of hydrogen-bond donors (Lipinski definition) is 1. The van der Waals surface area contributed by atoms with Gasteiger partial charge in [0.25, 0.3) is 0 Å². The molecule has 0 fully saturated rings. The van der Waals surface area contributed by atoms with Gasteiger partial charge in [-0.15, -0.1) is 0 Å². The summed E-state index contributed by atoms with van der Waals surface area (Å²) in [5, 5.41) is 3.01. The fraction of sp³-hybridized carbons (Fsp3) is 0.688. The van der Waals surface area contributed by atoms with E-state index in [-0.39, 0.29) is 0 Å². The standard InChI is InChI=1S/C10H16N2O.3C2H6/c1-3-9-4-5-10(12-8-9)13-7-6-11-2;3*1-2/h4-5,8,11H,3,6-7H2,1-2H3;3*1-2H3. The van der Waals surface area contributed by atoms with E-state index < -0.39 is 0 Å². The minimum atomic E-state index is 0.662. The van der Waals surface area contributed by atoms with Crippen molar-refractivity contribution < 1.29 is 4.74 Å². The van der Waals surface area contributed by atoms with Gasteiger partial charge in [-0.1, -0.05) is 54.5 Å². The molecule has 1 aromatic heterocycles. The number of rotatable bonds is 5. The molecule has 0 bridgehead atoms. The number of nitrogens with one attached hydrogen (secondary N) is 1. The second-order valence-corrected chi connectivity index (χ2v) is 2.81. The highest BCUT2D eigenvalue weighted by atomic mass is 16.5.